The fourth-order valence-electron chi connectivity index (χ4n) is 3.01. The van der Waals surface area contributed by atoms with E-state index < -0.39 is 0 Å². The highest BCUT2D eigenvalue weighted by molar-refractivity contribution is 6.05. The summed E-state index contributed by atoms with van der Waals surface area (Å²) in [5, 5.41) is 8.03. The number of hydrogen-bond acceptors (Lipinski definition) is 5. The van der Waals surface area contributed by atoms with Gasteiger partial charge >= 0.3 is 0 Å². The average Bonchev–Trinajstić information content (AvgIpc) is 3.26. The summed E-state index contributed by atoms with van der Waals surface area (Å²) in [7, 11) is 3.33. The van der Waals surface area contributed by atoms with Crippen molar-refractivity contribution in [1.29, 1.82) is 0 Å². The third-order valence-corrected chi connectivity index (χ3v) is 4.63. The summed E-state index contributed by atoms with van der Waals surface area (Å²) >= 11 is 0. The summed E-state index contributed by atoms with van der Waals surface area (Å²) in [6.45, 7) is 2.24. The van der Waals surface area contributed by atoms with E-state index in [-0.39, 0.29) is 17.8 Å². The predicted octanol–water partition coefficient (Wildman–Crippen LogP) is 2.42. The van der Waals surface area contributed by atoms with Crippen LogP contribution in [0.2, 0.25) is 0 Å². The van der Waals surface area contributed by atoms with Crippen molar-refractivity contribution in [3.05, 3.63) is 42.0 Å². The van der Waals surface area contributed by atoms with E-state index >= 15 is 0 Å². The van der Waals surface area contributed by atoms with Crippen LogP contribution < -0.4 is 5.32 Å². The highest BCUT2D eigenvalue weighted by Crippen LogP contribution is 2.28. The Balaban J connectivity index is 1.75. The Morgan fingerprint density at radius 2 is 2.25 bits per heavy atom. The second-order valence-corrected chi connectivity index (χ2v) is 6.54. The maximum Gasteiger partial charge on any atom is 0.255 e. The molecule has 4 aromatic rings. The Kier molecular flexibility index (Phi) is 4.52. The number of rotatable bonds is 5. The number of hydrogen-bond donors (Lipinski definition) is 2. The highest BCUT2D eigenvalue weighted by Gasteiger charge is 2.18. The summed E-state index contributed by atoms with van der Waals surface area (Å²) in [6.07, 6.45) is 3.06. The number of nitrogens with zero attached hydrogens (tertiary/aromatic N) is 4. The first kappa shape index (κ1) is 18.1. The van der Waals surface area contributed by atoms with Crippen LogP contribution in [0.1, 0.15) is 17.3 Å². The number of halogens is 1. The van der Waals surface area contributed by atoms with Crippen LogP contribution in [0.15, 0.2) is 30.6 Å². The van der Waals surface area contributed by atoms with Gasteiger partial charge in [-0.3, -0.25) is 9.48 Å². The first-order valence-electron chi connectivity index (χ1n) is 8.75. The van der Waals surface area contributed by atoms with Crippen LogP contribution in [0.4, 0.5) is 4.39 Å². The minimum atomic E-state index is -0.335. The van der Waals surface area contributed by atoms with Gasteiger partial charge in [-0.1, -0.05) is 0 Å². The number of aromatic amines is 1. The molecule has 1 amide bonds. The second-order valence-electron chi connectivity index (χ2n) is 6.54. The van der Waals surface area contributed by atoms with E-state index in [1.54, 1.807) is 37.3 Å². The zero-order valence-electron chi connectivity index (χ0n) is 15.7. The summed E-state index contributed by atoms with van der Waals surface area (Å²) in [4.78, 5) is 24.4. The van der Waals surface area contributed by atoms with E-state index in [1.807, 2.05) is 6.92 Å². The molecule has 1 unspecified atom stereocenters. The smallest absolute Gasteiger partial charge is 0.255 e. The molecule has 0 aliphatic carbocycles. The Morgan fingerprint density at radius 3 is 3.04 bits per heavy atom. The number of ether oxygens (including phenoxy) is 1. The van der Waals surface area contributed by atoms with Crippen molar-refractivity contribution < 1.29 is 13.9 Å². The van der Waals surface area contributed by atoms with Crippen molar-refractivity contribution in [2.45, 2.75) is 13.0 Å². The quantitative estimate of drug-likeness (QED) is 0.552. The van der Waals surface area contributed by atoms with E-state index in [0.717, 1.165) is 5.39 Å². The summed E-state index contributed by atoms with van der Waals surface area (Å²) in [6, 6.07) is 4.46. The van der Waals surface area contributed by atoms with Crippen LogP contribution >= 0.6 is 0 Å². The van der Waals surface area contributed by atoms with Gasteiger partial charge in [0, 0.05) is 32.3 Å². The molecule has 0 fully saturated rings. The van der Waals surface area contributed by atoms with Gasteiger partial charge in [0.15, 0.2) is 5.65 Å². The maximum absolute atomic E-state index is 13.6. The molecule has 0 bridgehead atoms. The fraction of sp³-hybridized carbons (Fsp3) is 0.263. The van der Waals surface area contributed by atoms with Crippen LogP contribution in [0.25, 0.3) is 33.5 Å². The number of benzene rings is 1. The lowest BCUT2D eigenvalue weighted by Gasteiger charge is -2.10. The summed E-state index contributed by atoms with van der Waals surface area (Å²) < 4.78 is 20.3. The first-order chi connectivity index (χ1) is 13.5. The molecular formula is C19H19FN6O2. The molecule has 28 heavy (non-hydrogen) atoms. The lowest BCUT2D eigenvalue weighted by Crippen LogP contribution is -2.31. The molecule has 0 saturated heterocycles. The third kappa shape index (κ3) is 3.09. The molecule has 1 atom stereocenters. The highest BCUT2D eigenvalue weighted by atomic mass is 19.1. The topological polar surface area (TPSA) is 97.7 Å². The summed E-state index contributed by atoms with van der Waals surface area (Å²) in [5.74, 6) is -0.604. The Bertz CT molecular complexity index is 1180. The van der Waals surface area contributed by atoms with Crippen LogP contribution in [0, 0.1) is 5.82 Å². The molecule has 0 aliphatic heterocycles. The van der Waals surface area contributed by atoms with Gasteiger partial charge in [0.2, 0.25) is 0 Å². The van der Waals surface area contributed by atoms with Crippen LogP contribution in [0.3, 0.4) is 0 Å². The van der Waals surface area contributed by atoms with Crippen molar-refractivity contribution in [1.82, 2.24) is 30.0 Å². The van der Waals surface area contributed by atoms with E-state index in [0.29, 0.717) is 40.2 Å². The number of H-pyrrole nitrogens is 1. The second kappa shape index (κ2) is 7.01. The number of aryl methyl sites for hydroxylation is 1. The molecule has 8 nitrogen and oxygen atoms in total. The van der Waals surface area contributed by atoms with Crippen molar-refractivity contribution in [3.63, 3.8) is 0 Å². The zero-order valence-corrected chi connectivity index (χ0v) is 15.7. The van der Waals surface area contributed by atoms with E-state index in [1.165, 1.54) is 12.1 Å². The van der Waals surface area contributed by atoms with E-state index in [4.69, 9.17) is 4.74 Å². The SMILES string of the molecule is COC(C)CNC(=O)c1c[nH]c2ncc(-c3nn(C)c4cc(F)ccc34)nc12. The van der Waals surface area contributed by atoms with Crippen LogP contribution in [-0.4, -0.2) is 50.4 Å². The standard InChI is InChI=1S/C19H19FN6O2/c1-10(28-3)7-23-19(27)13-8-21-18-17(13)24-14(9-22-18)16-12-5-4-11(20)6-15(12)26(2)25-16/h4-6,8-10H,7H2,1-3H3,(H,21,22)(H,23,27). The zero-order chi connectivity index (χ0) is 19.8. The van der Waals surface area contributed by atoms with Gasteiger partial charge < -0.3 is 15.0 Å². The van der Waals surface area contributed by atoms with Crippen molar-refractivity contribution in [2.75, 3.05) is 13.7 Å². The fourth-order valence-corrected chi connectivity index (χ4v) is 3.01. The van der Waals surface area contributed by atoms with Gasteiger partial charge in [-0.05, 0) is 25.1 Å². The van der Waals surface area contributed by atoms with Gasteiger partial charge in [-0.25, -0.2) is 14.4 Å². The Morgan fingerprint density at radius 1 is 1.43 bits per heavy atom. The minimum Gasteiger partial charge on any atom is -0.380 e. The number of amides is 1. The third-order valence-electron chi connectivity index (χ3n) is 4.63. The number of aromatic nitrogens is 5. The molecule has 0 aliphatic rings. The lowest BCUT2D eigenvalue weighted by molar-refractivity contribution is 0.0871. The van der Waals surface area contributed by atoms with E-state index in [9.17, 15) is 9.18 Å². The molecule has 3 heterocycles. The molecule has 1 aromatic carbocycles. The van der Waals surface area contributed by atoms with E-state index in [2.05, 4.69) is 25.4 Å². The largest absolute Gasteiger partial charge is 0.380 e. The number of fused-ring (bicyclic) bond motifs is 2. The van der Waals surface area contributed by atoms with Crippen molar-refractivity contribution in [2.24, 2.45) is 7.05 Å². The Hall–Kier alpha value is -3.33. The minimum absolute atomic E-state index is 0.101. The van der Waals surface area contributed by atoms with Crippen molar-refractivity contribution in [3.8, 4) is 11.4 Å². The van der Waals surface area contributed by atoms with Crippen LogP contribution in [-0.2, 0) is 11.8 Å². The van der Waals surface area contributed by atoms with Gasteiger partial charge in [-0.15, -0.1) is 0 Å². The maximum atomic E-state index is 13.6. The molecular weight excluding hydrogens is 363 g/mol. The molecule has 9 heteroatoms. The van der Waals surface area contributed by atoms with Gasteiger partial charge in [-0.2, -0.15) is 5.10 Å². The lowest BCUT2D eigenvalue weighted by atomic mass is 10.1. The molecule has 2 N–H and O–H groups in total. The average molecular weight is 382 g/mol. The monoisotopic (exact) mass is 382 g/mol. The number of carbonyl (C=O) groups is 1. The molecule has 4 rings (SSSR count). The first-order valence-corrected chi connectivity index (χ1v) is 8.75. The molecule has 0 radical (unpaired) electrons. The number of carbonyl (C=O) groups excluding carboxylic acids is 1. The van der Waals surface area contributed by atoms with Crippen LogP contribution in [0.5, 0.6) is 0 Å². The van der Waals surface area contributed by atoms with Gasteiger partial charge in [0.1, 0.15) is 22.7 Å². The normalized spacial score (nSPS) is 12.6. The molecule has 3 aromatic heterocycles. The molecule has 0 spiro atoms. The van der Waals surface area contributed by atoms with Gasteiger partial charge in [0.05, 0.1) is 23.4 Å². The van der Waals surface area contributed by atoms with Gasteiger partial charge in [0.25, 0.3) is 5.91 Å². The summed E-state index contributed by atoms with van der Waals surface area (Å²) in [5.41, 5.74) is 3.06. The predicted molar refractivity (Wildman–Crippen MR) is 102 cm³/mol. The molecule has 0 saturated carbocycles. The Labute approximate surface area is 159 Å². The number of methoxy groups -OCH3 is 1. The molecule has 144 valence electrons. The van der Waals surface area contributed by atoms with Crippen molar-refractivity contribution >= 4 is 28.0 Å². The number of nitrogens with one attached hydrogen (secondary N) is 2.